The van der Waals surface area contributed by atoms with Crippen LogP contribution in [0.5, 0.6) is 0 Å². The van der Waals surface area contributed by atoms with E-state index in [2.05, 4.69) is 18.7 Å². The molecule has 4 aliphatic rings. The zero-order valence-corrected chi connectivity index (χ0v) is 17.1. The molecule has 0 amide bonds. The Morgan fingerprint density at radius 2 is 1.44 bits per heavy atom. The number of likely N-dealkylation sites (tertiary alicyclic amines) is 1. The number of nitrogens with zero attached hydrogens (tertiary/aromatic N) is 1. The van der Waals surface area contributed by atoms with Crippen molar-refractivity contribution in [2.75, 3.05) is 13.1 Å². The molecule has 1 nitrogen and oxygen atoms in total. The predicted octanol–water partition coefficient (Wildman–Crippen LogP) is 6.52. The Kier molecular flexibility index (Phi) is 6.10. The lowest BCUT2D eigenvalue weighted by Crippen LogP contribution is -2.57. The first-order chi connectivity index (χ1) is 12.2. The van der Waals surface area contributed by atoms with Gasteiger partial charge in [-0.3, -0.25) is 4.90 Å². The normalized spacial score (nSPS) is 40.1. The van der Waals surface area contributed by atoms with Crippen LogP contribution in [0.15, 0.2) is 0 Å². The van der Waals surface area contributed by atoms with Crippen molar-refractivity contribution < 1.29 is 0 Å². The van der Waals surface area contributed by atoms with Crippen molar-refractivity contribution in [3.63, 3.8) is 0 Å². The summed E-state index contributed by atoms with van der Waals surface area (Å²) in [6.07, 6.45) is 19.7. The summed E-state index contributed by atoms with van der Waals surface area (Å²) in [7, 11) is 0. The van der Waals surface area contributed by atoms with E-state index in [1.165, 1.54) is 83.7 Å². The molecule has 0 aromatic rings. The molecule has 0 spiro atoms. The minimum atomic E-state index is 0.968. The standard InChI is InChI=1S/C24H43N/c1-18-9-7-5-3-4-6-8-10-24(18)19(2)13-20-14-23(15-20)25-16-22(17-25)21-11-12-21/h18-24H,3-17H2,1-2H3. The van der Waals surface area contributed by atoms with E-state index in [9.17, 15) is 0 Å². The Morgan fingerprint density at radius 3 is 2.12 bits per heavy atom. The molecule has 3 atom stereocenters. The molecule has 1 saturated heterocycles. The third-order valence-electron chi connectivity index (χ3n) is 8.57. The highest BCUT2D eigenvalue weighted by atomic mass is 15.2. The van der Waals surface area contributed by atoms with Crippen LogP contribution < -0.4 is 0 Å². The van der Waals surface area contributed by atoms with E-state index < -0.39 is 0 Å². The molecule has 1 heterocycles. The Labute approximate surface area is 157 Å². The quantitative estimate of drug-likeness (QED) is 0.548. The summed E-state index contributed by atoms with van der Waals surface area (Å²) in [5.41, 5.74) is 0. The van der Waals surface area contributed by atoms with Crippen molar-refractivity contribution >= 4 is 0 Å². The summed E-state index contributed by atoms with van der Waals surface area (Å²) in [5.74, 6) is 6.25. The van der Waals surface area contributed by atoms with E-state index in [0.717, 1.165) is 41.5 Å². The molecule has 1 heteroatoms. The SMILES string of the molecule is CC1CCCCCCCCC1C(C)CC1CC(N2CC(C3CC3)C2)C1. The Bertz CT molecular complexity index is 402. The van der Waals surface area contributed by atoms with Crippen LogP contribution in [0.25, 0.3) is 0 Å². The zero-order chi connectivity index (χ0) is 17.2. The van der Waals surface area contributed by atoms with Gasteiger partial charge >= 0.3 is 0 Å². The predicted molar refractivity (Wildman–Crippen MR) is 108 cm³/mol. The fourth-order valence-corrected chi connectivity index (χ4v) is 6.50. The topological polar surface area (TPSA) is 3.24 Å². The first-order valence-electron chi connectivity index (χ1n) is 11.9. The van der Waals surface area contributed by atoms with Gasteiger partial charge in [0.2, 0.25) is 0 Å². The first-order valence-corrected chi connectivity index (χ1v) is 11.9. The number of hydrogen-bond acceptors (Lipinski definition) is 1. The molecule has 0 N–H and O–H groups in total. The van der Waals surface area contributed by atoms with Gasteiger partial charge in [-0.05, 0) is 74.0 Å². The average Bonchev–Trinajstić information content (AvgIpc) is 3.34. The van der Waals surface area contributed by atoms with Crippen LogP contribution in [0.3, 0.4) is 0 Å². The molecule has 0 aromatic carbocycles. The van der Waals surface area contributed by atoms with E-state index in [4.69, 9.17) is 0 Å². The summed E-state index contributed by atoms with van der Waals surface area (Å²) in [5, 5.41) is 0. The third-order valence-corrected chi connectivity index (χ3v) is 8.57. The van der Waals surface area contributed by atoms with Crippen molar-refractivity contribution in [2.45, 2.75) is 103 Å². The van der Waals surface area contributed by atoms with Crippen LogP contribution in [-0.2, 0) is 0 Å². The summed E-state index contributed by atoms with van der Waals surface area (Å²) < 4.78 is 0. The second-order valence-corrected chi connectivity index (χ2v) is 10.6. The van der Waals surface area contributed by atoms with Crippen LogP contribution in [-0.4, -0.2) is 24.0 Å². The van der Waals surface area contributed by atoms with Crippen molar-refractivity contribution in [2.24, 2.45) is 35.5 Å². The summed E-state index contributed by atoms with van der Waals surface area (Å²) in [4.78, 5) is 2.83. The molecule has 3 saturated carbocycles. The van der Waals surface area contributed by atoms with E-state index >= 15 is 0 Å². The van der Waals surface area contributed by atoms with Crippen molar-refractivity contribution in [1.29, 1.82) is 0 Å². The fraction of sp³-hybridized carbons (Fsp3) is 1.00. The Balaban J connectivity index is 1.18. The van der Waals surface area contributed by atoms with Crippen molar-refractivity contribution in [3.8, 4) is 0 Å². The Hall–Kier alpha value is -0.0400. The molecule has 25 heavy (non-hydrogen) atoms. The summed E-state index contributed by atoms with van der Waals surface area (Å²) >= 11 is 0. The van der Waals surface area contributed by atoms with Gasteiger partial charge in [0.1, 0.15) is 0 Å². The molecule has 1 aliphatic heterocycles. The smallest absolute Gasteiger partial charge is 0.0101 e. The van der Waals surface area contributed by atoms with Crippen LogP contribution in [0, 0.1) is 35.5 Å². The largest absolute Gasteiger partial charge is 0.300 e. The lowest BCUT2D eigenvalue weighted by atomic mass is 9.68. The van der Waals surface area contributed by atoms with Gasteiger partial charge in [-0.25, -0.2) is 0 Å². The van der Waals surface area contributed by atoms with Gasteiger partial charge in [0, 0.05) is 19.1 Å². The van der Waals surface area contributed by atoms with Gasteiger partial charge < -0.3 is 0 Å². The van der Waals surface area contributed by atoms with Gasteiger partial charge in [-0.1, -0.05) is 58.8 Å². The highest BCUT2D eigenvalue weighted by Gasteiger charge is 2.45. The minimum Gasteiger partial charge on any atom is -0.300 e. The lowest BCUT2D eigenvalue weighted by Gasteiger charge is -2.51. The van der Waals surface area contributed by atoms with E-state index in [-0.39, 0.29) is 0 Å². The van der Waals surface area contributed by atoms with Gasteiger partial charge in [0.15, 0.2) is 0 Å². The van der Waals surface area contributed by atoms with Gasteiger partial charge in [0.25, 0.3) is 0 Å². The molecule has 0 bridgehead atoms. The second kappa shape index (κ2) is 8.32. The fourth-order valence-electron chi connectivity index (χ4n) is 6.50. The summed E-state index contributed by atoms with van der Waals surface area (Å²) in [6.45, 7) is 8.09. The highest BCUT2D eigenvalue weighted by Crippen LogP contribution is 2.46. The molecule has 0 aromatic heterocycles. The van der Waals surface area contributed by atoms with E-state index in [1.54, 1.807) is 12.8 Å². The minimum absolute atomic E-state index is 0.968. The van der Waals surface area contributed by atoms with Crippen LogP contribution in [0.4, 0.5) is 0 Å². The first kappa shape index (κ1) is 18.3. The average molecular weight is 346 g/mol. The maximum atomic E-state index is 2.83. The Morgan fingerprint density at radius 1 is 0.800 bits per heavy atom. The van der Waals surface area contributed by atoms with E-state index in [1.807, 2.05) is 0 Å². The molecule has 144 valence electrons. The molecule has 3 unspecified atom stereocenters. The zero-order valence-electron chi connectivity index (χ0n) is 17.1. The van der Waals surface area contributed by atoms with Gasteiger partial charge in [0.05, 0.1) is 0 Å². The van der Waals surface area contributed by atoms with Crippen molar-refractivity contribution in [3.05, 3.63) is 0 Å². The number of rotatable bonds is 5. The molecule has 4 fully saturated rings. The molecular weight excluding hydrogens is 302 g/mol. The van der Waals surface area contributed by atoms with Crippen LogP contribution in [0.1, 0.15) is 97.3 Å². The monoisotopic (exact) mass is 345 g/mol. The second-order valence-electron chi connectivity index (χ2n) is 10.6. The van der Waals surface area contributed by atoms with Gasteiger partial charge in [-0.2, -0.15) is 0 Å². The third kappa shape index (κ3) is 4.63. The maximum Gasteiger partial charge on any atom is 0.0101 e. The molecular formula is C24H43N. The van der Waals surface area contributed by atoms with Gasteiger partial charge in [-0.15, -0.1) is 0 Å². The van der Waals surface area contributed by atoms with Crippen LogP contribution >= 0.6 is 0 Å². The highest BCUT2D eigenvalue weighted by molar-refractivity contribution is 4.98. The van der Waals surface area contributed by atoms with Crippen molar-refractivity contribution in [1.82, 2.24) is 4.90 Å². The summed E-state index contributed by atoms with van der Waals surface area (Å²) in [6, 6.07) is 0.980. The molecule has 0 radical (unpaired) electrons. The molecule has 3 aliphatic carbocycles. The lowest BCUT2D eigenvalue weighted by molar-refractivity contribution is -0.0238. The molecule has 4 rings (SSSR count). The number of hydrogen-bond donors (Lipinski definition) is 0. The van der Waals surface area contributed by atoms with Crippen LogP contribution in [0.2, 0.25) is 0 Å². The maximum absolute atomic E-state index is 2.83. The van der Waals surface area contributed by atoms with E-state index in [0.29, 0.717) is 0 Å².